The highest BCUT2D eigenvalue weighted by Crippen LogP contribution is 2.10. The fraction of sp³-hybridized carbons (Fsp3) is 0.833. The van der Waals surface area contributed by atoms with Crippen LogP contribution in [0.15, 0.2) is 12.4 Å². The number of hydrogen-bond donors (Lipinski definition) is 0. The molecule has 0 saturated heterocycles. The van der Waals surface area contributed by atoms with Crippen molar-refractivity contribution in [3.8, 4) is 0 Å². The lowest BCUT2D eigenvalue weighted by atomic mass is 10.1. The third-order valence-electron chi connectivity index (χ3n) is 4.27. The van der Waals surface area contributed by atoms with Crippen molar-refractivity contribution >= 4 is 0 Å². The molecule has 1 aromatic rings. The number of halogens is 1. The van der Waals surface area contributed by atoms with Gasteiger partial charge in [-0.15, -0.1) is 0 Å². The Hall–Kier alpha value is -0.540. The number of aromatic nitrogens is 2. The SMILES string of the molecule is CCCCCCCCCCCCOCn1cc[n+](C)c1C.[Cl-]. The zero-order valence-electron chi connectivity index (χ0n) is 14.8. The van der Waals surface area contributed by atoms with Gasteiger partial charge in [0, 0.05) is 6.92 Å². The number of hydrogen-bond acceptors (Lipinski definition) is 1. The van der Waals surface area contributed by atoms with E-state index in [4.69, 9.17) is 4.74 Å². The smallest absolute Gasteiger partial charge is 0.254 e. The van der Waals surface area contributed by atoms with E-state index in [2.05, 4.69) is 42.4 Å². The van der Waals surface area contributed by atoms with Crippen LogP contribution in [0.3, 0.4) is 0 Å². The fourth-order valence-electron chi connectivity index (χ4n) is 2.59. The van der Waals surface area contributed by atoms with Gasteiger partial charge < -0.3 is 17.1 Å². The van der Waals surface area contributed by atoms with Crippen LogP contribution in [0, 0.1) is 6.92 Å². The van der Waals surface area contributed by atoms with Crippen molar-refractivity contribution < 1.29 is 21.7 Å². The molecule has 0 bridgehead atoms. The summed E-state index contributed by atoms with van der Waals surface area (Å²) in [6.07, 6.45) is 17.9. The van der Waals surface area contributed by atoms with Gasteiger partial charge in [-0.25, -0.2) is 9.13 Å². The van der Waals surface area contributed by atoms with E-state index < -0.39 is 0 Å². The molecule has 3 nitrogen and oxygen atoms in total. The summed E-state index contributed by atoms with van der Waals surface area (Å²) < 4.78 is 10.00. The molecule has 0 atom stereocenters. The normalized spacial score (nSPS) is 10.7. The molecule has 0 aliphatic rings. The molecule has 22 heavy (non-hydrogen) atoms. The maximum absolute atomic E-state index is 5.74. The first kappa shape index (κ1) is 21.5. The third-order valence-corrected chi connectivity index (χ3v) is 4.27. The average Bonchev–Trinajstić information content (AvgIpc) is 2.80. The van der Waals surface area contributed by atoms with Crippen molar-refractivity contribution in [3.63, 3.8) is 0 Å². The van der Waals surface area contributed by atoms with Crippen molar-refractivity contribution in [2.75, 3.05) is 6.61 Å². The number of unbranched alkanes of at least 4 members (excludes halogenated alkanes) is 9. The highest BCUT2D eigenvalue weighted by molar-refractivity contribution is 4.77. The van der Waals surface area contributed by atoms with Gasteiger partial charge in [0.2, 0.25) is 0 Å². The summed E-state index contributed by atoms with van der Waals surface area (Å²) in [6, 6.07) is 0. The molecule has 0 N–H and O–H groups in total. The molecule has 0 aliphatic heterocycles. The number of imidazole rings is 1. The standard InChI is InChI=1S/C18H35N2O.ClH/c1-4-5-6-7-8-9-10-11-12-13-16-21-17-20-15-14-19(3)18(20)2;/h14-15H,4-13,16-17H2,1-3H3;1H/q+1;/p-1. The number of rotatable bonds is 13. The highest BCUT2D eigenvalue weighted by Gasteiger charge is 2.07. The van der Waals surface area contributed by atoms with Crippen LogP contribution < -0.4 is 17.0 Å². The Morgan fingerprint density at radius 2 is 1.50 bits per heavy atom. The molecule has 1 heterocycles. The second kappa shape index (κ2) is 14.1. The summed E-state index contributed by atoms with van der Waals surface area (Å²) in [6.45, 7) is 5.96. The average molecular weight is 331 g/mol. The first-order valence-corrected chi connectivity index (χ1v) is 8.84. The third kappa shape index (κ3) is 9.47. The lowest BCUT2D eigenvalue weighted by molar-refractivity contribution is -0.677. The molecule has 0 fully saturated rings. The van der Waals surface area contributed by atoms with E-state index >= 15 is 0 Å². The van der Waals surface area contributed by atoms with Crippen molar-refractivity contribution in [2.45, 2.75) is 84.8 Å². The van der Waals surface area contributed by atoms with E-state index in [1.54, 1.807) is 0 Å². The van der Waals surface area contributed by atoms with E-state index in [1.807, 2.05) is 0 Å². The van der Waals surface area contributed by atoms with E-state index in [-0.39, 0.29) is 12.4 Å². The Morgan fingerprint density at radius 3 is 2.00 bits per heavy atom. The lowest BCUT2D eigenvalue weighted by Crippen LogP contribution is -3.00. The minimum atomic E-state index is 0. The van der Waals surface area contributed by atoms with E-state index in [0.717, 1.165) is 6.61 Å². The molecule has 0 radical (unpaired) electrons. The predicted octanol–water partition coefficient (Wildman–Crippen LogP) is 1.52. The second-order valence-corrected chi connectivity index (χ2v) is 6.15. The summed E-state index contributed by atoms with van der Waals surface area (Å²) in [5.74, 6) is 1.23. The Kier molecular flexibility index (Phi) is 13.7. The van der Waals surface area contributed by atoms with E-state index in [9.17, 15) is 0 Å². The van der Waals surface area contributed by atoms with Gasteiger partial charge >= 0.3 is 0 Å². The van der Waals surface area contributed by atoms with E-state index in [0.29, 0.717) is 6.73 Å². The number of aryl methyl sites for hydroxylation is 1. The van der Waals surface area contributed by atoms with Crippen LogP contribution in [0.4, 0.5) is 0 Å². The first-order chi connectivity index (χ1) is 10.3. The maximum atomic E-state index is 5.74. The molecule has 130 valence electrons. The summed E-state index contributed by atoms with van der Waals surface area (Å²) in [7, 11) is 2.06. The van der Waals surface area contributed by atoms with Crippen molar-refractivity contribution in [1.29, 1.82) is 0 Å². The number of ether oxygens (including phenoxy) is 1. The molecule has 0 spiro atoms. The molecule has 4 heteroatoms. The topological polar surface area (TPSA) is 18.0 Å². The zero-order valence-corrected chi connectivity index (χ0v) is 15.6. The largest absolute Gasteiger partial charge is 1.00 e. The minimum Gasteiger partial charge on any atom is -1.00 e. The predicted molar refractivity (Wildman–Crippen MR) is 88.1 cm³/mol. The van der Waals surface area contributed by atoms with Crippen LogP contribution in [0.1, 0.15) is 77.0 Å². The van der Waals surface area contributed by atoms with Crippen LogP contribution >= 0.6 is 0 Å². The van der Waals surface area contributed by atoms with Gasteiger partial charge in [-0.1, -0.05) is 64.7 Å². The monoisotopic (exact) mass is 330 g/mol. The van der Waals surface area contributed by atoms with Gasteiger partial charge in [0.25, 0.3) is 5.82 Å². The second-order valence-electron chi connectivity index (χ2n) is 6.15. The van der Waals surface area contributed by atoms with Crippen LogP contribution in [-0.4, -0.2) is 11.2 Å². The first-order valence-electron chi connectivity index (χ1n) is 8.84. The van der Waals surface area contributed by atoms with Crippen LogP contribution in [0.5, 0.6) is 0 Å². The van der Waals surface area contributed by atoms with Gasteiger partial charge in [0.05, 0.1) is 13.7 Å². The van der Waals surface area contributed by atoms with Gasteiger partial charge in [-0.3, -0.25) is 0 Å². The quantitative estimate of drug-likeness (QED) is 0.396. The van der Waals surface area contributed by atoms with Crippen molar-refractivity contribution in [1.82, 2.24) is 4.57 Å². The summed E-state index contributed by atoms with van der Waals surface area (Å²) in [5.41, 5.74) is 0. The maximum Gasteiger partial charge on any atom is 0.254 e. The highest BCUT2D eigenvalue weighted by atomic mass is 35.5. The Morgan fingerprint density at radius 1 is 0.955 bits per heavy atom. The van der Waals surface area contributed by atoms with Gasteiger partial charge in [0.1, 0.15) is 12.4 Å². The summed E-state index contributed by atoms with van der Waals surface area (Å²) in [5, 5.41) is 0. The van der Waals surface area contributed by atoms with Gasteiger partial charge in [-0.05, 0) is 6.42 Å². The zero-order chi connectivity index (χ0) is 15.3. The minimum absolute atomic E-state index is 0. The molecule has 0 aromatic carbocycles. The van der Waals surface area contributed by atoms with Gasteiger partial charge in [-0.2, -0.15) is 0 Å². The summed E-state index contributed by atoms with van der Waals surface area (Å²) >= 11 is 0. The molecular weight excluding hydrogens is 296 g/mol. The van der Waals surface area contributed by atoms with Crippen LogP contribution in [-0.2, 0) is 18.5 Å². The van der Waals surface area contributed by atoms with Crippen LogP contribution in [0.2, 0.25) is 0 Å². The van der Waals surface area contributed by atoms with Crippen LogP contribution in [0.25, 0.3) is 0 Å². The fourth-order valence-corrected chi connectivity index (χ4v) is 2.59. The molecule has 0 saturated carbocycles. The Bertz CT molecular complexity index is 366. The van der Waals surface area contributed by atoms with Crippen molar-refractivity contribution in [2.24, 2.45) is 7.05 Å². The van der Waals surface area contributed by atoms with Crippen molar-refractivity contribution in [3.05, 3.63) is 18.2 Å². The molecule has 0 unspecified atom stereocenters. The molecule has 1 aromatic heterocycles. The molecule has 0 amide bonds. The summed E-state index contributed by atoms with van der Waals surface area (Å²) in [4.78, 5) is 0. The molecule has 1 rings (SSSR count). The number of nitrogens with zero attached hydrogens (tertiary/aromatic N) is 2. The Labute approximate surface area is 143 Å². The molecule has 0 aliphatic carbocycles. The van der Waals surface area contributed by atoms with E-state index in [1.165, 1.54) is 70.0 Å². The molecular formula is C18H35ClN2O. The Balaban J connectivity index is 0.00000441. The lowest BCUT2D eigenvalue weighted by Gasteiger charge is -2.04. The van der Waals surface area contributed by atoms with Gasteiger partial charge in [0.15, 0.2) is 6.73 Å².